The molecule has 0 aliphatic carbocycles. The van der Waals surface area contributed by atoms with Gasteiger partial charge in [-0.2, -0.15) is 0 Å². The number of benzene rings is 1. The van der Waals surface area contributed by atoms with E-state index in [0.717, 1.165) is 0 Å². The van der Waals surface area contributed by atoms with Crippen LogP contribution in [0.25, 0.3) is 0 Å². The lowest BCUT2D eigenvalue weighted by Gasteiger charge is -2.08. The highest BCUT2D eigenvalue weighted by molar-refractivity contribution is 5.96. The zero-order valence-corrected chi connectivity index (χ0v) is 11.1. The molecule has 6 nitrogen and oxygen atoms in total. The van der Waals surface area contributed by atoms with Crippen LogP contribution in [0.4, 0.5) is 10.5 Å². The Hall–Kier alpha value is -1.92. The highest BCUT2D eigenvalue weighted by Crippen LogP contribution is 2.10. The number of ketones is 1. The second kappa shape index (κ2) is 8.23. The fourth-order valence-corrected chi connectivity index (χ4v) is 1.32. The average molecular weight is 266 g/mol. The maximum absolute atomic E-state index is 11.5. The number of nitrogens with one attached hydrogen (secondary N) is 2. The van der Waals surface area contributed by atoms with E-state index in [4.69, 9.17) is 9.47 Å². The third-order valence-electron chi connectivity index (χ3n) is 2.29. The van der Waals surface area contributed by atoms with E-state index in [1.807, 2.05) is 0 Å². The van der Waals surface area contributed by atoms with Gasteiger partial charge in [0, 0.05) is 18.4 Å². The van der Waals surface area contributed by atoms with Crippen LogP contribution >= 0.6 is 0 Å². The van der Waals surface area contributed by atoms with Gasteiger partial charge in [-0.1, -0.05) is 12.1 Å². The summed E-state index contributed by atoms with van der Waals surface area (Å²) >= 11 is 0. The van der Waals surface area contributed by atoms with Crippen LogP contribution in [0.5, 0.6) is 0 Å². The molecule has 6 heteroatoms. The lowest BCUT2D eigenvalue weighted by Crippen LogP contribution is -2.31. The Kier molecular flexibility index (Phi) is 6.56. The van der Waals surface area contributed by atoms with E-state index in [1.54, 1.807) is 31.4 Å². The summed E-state index contributed by atoms with van der Waals surface area (Å²) in [6, 6.07) is 6.34. The van der Waals surface area contributed by atoms with Crippen LogP contribution in [0.1, 0.15) is 17.3 Å². The van der Waals surface area contributed by atoms with Crippen molar-refractivity contribution in [2.45, 2.75) is 6.92 Å². The van der Waals surface area contributed by atoms with Gasteiger partial charge in [-0.15, -0.1) is 0 Å². The predicted molar refractivity (Wildman–Crippen MR) is 71.3 cm³/mol. The molecular formula is C13H18N2O4. The van der Waals surface area contributed by atoms with Crippen LogP contribution in [-0.4, -0.2) is 38.9 Å². The van der Waals surface area contributed by atoms with Crippen molar-refractivity contribution in [3.8, 4) is 0 Å². The van der Waals surface area contributed by atoms with Crippen LogP contribution < -0.4 is 10.6 Å². The van der Waals surface area contributed by atoms with Crippen molar-refractivity contribution in [2.75, 3.05) is 32.4 Å². The Morgan fingerprint density at radius 2 is 2.05 bits per heavy atom. The van der Waals surface area contributed by atoms with Gasteiger partial charge in [0.05, 0.1) is 13.2 Å². The molecular weight excluding hydrogens is 248 g/mol. The van der Waals surface area contributed by atoms with Gasteiger partial charge in [0.25, 0.3) is 0 Å². The number of anilines is 1. The molecule has 0 bridgehead atoms. The fraction of sp³-hybridized carbons (Fsp3) is 0.385. The van der Waals surface area contributed by atoms with Gasteiger partial charge in [-0.05, 0) is 19.1 Å². The third-order valence-corrected chi connectivity index (χ3v) is 2.29. The molecule has 19 heavy (non-hydrogen) atoms. The molecule has 1 rings (SSSR count). The van der Waals surface area contributed by atoms with Gasteiger partial charge in [0.1, 0.15) is 6.73 Å². The molecule has 0 aliphatic rings. The van der Waals surface area contributed by atoms with Gasteiger partial charge >= 0.3 is 6.03 Å². The summed E-state index contributed by atoms with van der Waals surface area (Å²) in [6.07, 6.45) is 0. The van der Waals surface area contributed by atoms with Crippen molar-refractivity contribution < 1.29 is 19.1 Å². The molecule has 0 aromatic heterocycles. The molecule has 0 saturated carbocycles. The zero-order chi connectivity index (χ0) is 14.1. The van der Waals surface area contributed by atoms with Gasteiger partial charge in [0.15, 0.2) is 5.78 Å². The van der Waals surface area contributed by atoms with Crippen LogP contribution in [0.15, 0.2) is 24.3 Å². The zero-order valence-electron chi connectivity index (χ0n) is 11.1. The second-order valence-electron chi connectivity index (χ2n) is 3.81. The van der Waals surface area contributed by atoms with Crippen molar-refractivity contribution in [1.29, 1.82) is 0 Å². The molecule has 1 aromatic carbocycles. The van der Waals surface area contributed by atoms with E-state index in [0.29, 0.717) is 24.5 Å². The van der Waals surface area contributed by atoms with Crippen LogP contribution in [0, 0.1) is 0 Å². The minimum atomic E-state index is -0.391. The number of Topliss-reactive ketones (excluding diaryl/α,β-unsaturated/α-hetero) is 1. The fourth-order valence-electron chi connectivity index (χ4n) is 1.32. The maximum Gasteiger partial charge on any atom is 0.321 e. The molecule has 0 heterocycles. The van der Waals surface area contributed by atoms with E-state index in [2.05, 4.69) is 10.6 Å². The largest absolute Gasteiger partial charge is 0.382 e. The average Bonchev–Trinajstić information content (AvgIpc) is 2.38. The first-order valence-corrected chi connectivity index (χ1v) is 5.86. The number of methoxy groups -OCH3 is 1. The number of amides is 2. The number of urea groups is 1. The number of hydrogen-bond acceptors (Lipinski definition) is 4. The lowest BCUT2D eigenvalue weighted by atomic mass is 10.1. The van der Waals surface area contributed by atoms with E-state index in [1.165, 1.54) is 6.92 Å². The summed E-state index contributed by atoms with van der Waals surface area (Å²) < 4.78 is 9.89. The Morgan fingerprint density at radius 3 is 2.74 bits per heavy atom. The van der Waals surface area contributed by atoms with Crippen molar-refractivity contribution in [3.05, 3.63) is 29.8 Å². The normalized spacial score (nSPS) is 10.0. The van der Waals surface area contributed by atoms with Gasteiger partial charge in [-0.25, -0.2) is 4.79 Å². The summed E-state index contributed by atoms with van der Waals surface area (Å²) in [5.41, 5.74) is 1.11. The molecule has 0 spiro atoms. The standard InChI is InChI=1S/C13H18N2O4/c1-10(16)11-4-3-5-12(8-11)15-13(17)14-9-19-7-6-18-2/h3-5,8H,6-7,9H2,1-2H3,(H2,14,15,17). The van der Waals surface area contributed by atoms with Gasteiger partial charge in [-0.3, -0.25) is 4.79 Å². The number of carbonyl (C=O) groups excluding carboxylic acids is 2. The Bertz CT molecular complexity index is 434. The first-order chi connectivity index (χ1) is 9.13. The number of carbonyl (C=O) groups is 2. The number of ether oxygens (including phenoxy) is 2. The first-order valence-electron chi connectivity index (χ1n) is 5.86. The Balaban J connectivity index is 2.35. The van der Waals surface area contributed by atoms with Gasteiger partial charge < -0.3 is 20.1 Å². The molecule has 0 saturated heterocycles. The smallest absolute Gasteiger partial charge is 0.321 e. The molecule has 104 valence electrons. The monoisotopic (exact) mass is 266 g/mol. The molecule has 0 atom stereocenters. The summed E-state index contributed by atoms with van der Waals surface area (Å²) in [6.45, 7) is 2.46. The molecule has 0 fully saturated rings. The van der Waals surface area contributed by atoms with E-state index in [9.17, 15) is 9.59 Å². The third kappa shape index (κ3) is 5.98. The summed E-state index contributed by atoms with van der Waals surface area (Å²) in [5.74, 6) is -0.0491. The van der Waals surface area contributed by atoms with E-state index < -0.39 is 6.03 Å². The number of rotatable bonds is 7. The summed E-state index contributed by atoms with van der Waals surface area (Å²) in [7, 11) is 1.57. The summed E-state index contributed by atoms with van der Waals surface area (Å²) in [4.78, 5) is 22.7. The van der Waals surface area contributed by atoms with Crippen LogP contribution in [0.3, 0.4) is 0 Å². The van der Waals surface area contributed by atoms with Crippen molar-refractivity contribution >= 4 is 17.5 Å². The minimum absolute atomic E-state index is 0.0491. The first kappa shape index (κ1) is 15.1. The lowest BCUT2D eigenvalue weighted by molar-refractivity contribution is 0.0650. The maximum atomic E-state index is 11.5. The Labute approximate surface area is 112 Å². The quantitative estimate of drug-likeness (QED) is 0.447. The van der Waals surface area contributed by atoms with Crippen LogP contribution in [-0.2, 0) is 9.47 Å². The SMILES string of the molecule is COCCOCNC(=O)Nc1cccc(C(C)=O)c1. The molecule has 2 amide bonds. The highest BCUT2D eigenvalue weighted by Gasteiger charge is 2.03. The van der Waals surface area contributed by atoms with Crippen LogP contribution in [0.2, 0.25) is 0 Å². The molecule has 0 radical (unpaired) electrons. The number of hydrogen-bond donors (Lipinski definition) is 2. The second-order valence-corrected chi connectivity index (χ2v) is 3.81. The van der Waals surface area contributed by atoms with Gasteiger partial charge in [0.2, 0.25) is 0 Å². The molecule has 0 unspecified atom stereocenters. The molecule has 1 aromatic rings. The van der Waals surface area contributed by atoms with Crippen molar-refractivity contribution in [3.63, 3.8) is 0 Å². The van der Waals surface area contributed by atoms with E-state index >= 15 is 0 Å². The predicted octanol–water partition coefficient (Wildman–Crippen LogP) is 1.63. The van der Waals surface area contributed by atoms with E-state index in [-0.39, 0.29) is 12.5 Å². The molecule has 0 aliphatic heterocycles. The molecule has 2 N–H and O–H groups in total. The van der Waals surface area contributed by atoms with Crippen molar-refractivity contribution in [1.82, 2.24) is 5.32 Å². The highest BCUT2D eigenvalue weighted by atomic mass is 16.5. The Morgan fingerprint density at radius 1 is 1.26 bits per heavy atom. The summed E-state index contributed by atoms with van der Waals surface area (Å²) in [5, 5.41) is 5.14. The topological polar surface area (TPSA) is 76.7 Å². The minimum Gasteiger partial charge on any atom is -0.382 e. The van der Waals surface area contributed by atoms with Crippen molar-refractivity contribution in [2.24, 2.45) is 0 Å².